The Balaban J connectivity index is 2.01. The maximum Gasteiger partial charge on any atom is 0.303 e. The van der Waals surface area contributed by atoms with Gasteiger partial charge in [0.25, 0.3) is 0 Å². The van der Waals surface area contributed by atoms with Crippen LogP contribution in [-0.2, 0) is 11.2 Å². The van der Waals surface area contributed by atoms with Crippen LogP contribution in [0.15, 0.2) is 29.6 Å². The summed E-state index contributed by atoms with van der Waals surface area (Å²) in [4.78, 5) is 14.8. The molecule has 0 amide bonds. The molecule has 0 spiro atoms. The molecule has 0 atom stereocenters. The van der Waals surface area contributed by atoms with Crippen molar-refractivity contribution in [3.8, 4) is 11.3 Å². The summed E-state index contributed by atoms with van der Waals surface area (Å²) < 4.78 is 12.8. The number of aliphatic carboxylic acids is 1. The lowest BCUT2D eigenvalue weighted by Crippen LogP contribution is -1.95. The molecule has 0 saturated carbocycles. The molecule has 94 valence electrons. The highest BCUT2D eigenvalue weighted by Gasteiger charge is 2.05. The summed E-state index contributed by atoms with van der Waals surface area (Å²) in [6.07, 6.45) is 1.41. The van der Waals surface area contributed by atoms with E-state index < -0.39 is 5.97 Å². The average molecular weight is 265 g/mol. The first-order valence-electron chi connectivity index (χ1n) is 5.57. The van der Waals surface area contributed by atoms with Crippen molar-refractivity contribution < 1.29 is 14.3 Å². The molecule has 3 nitrogen and oxygen atoms in total. The third-order valence-electron chi connectivity index (χ3n) is 2.47. The lowest BCUT2D eigenvalue weighted by atomic mass is 10.2. The van der Waals surface area contributed by atoms with Gasteiger partial charge < -0.3 is 5.11 Å². The van der Waals surface area contributed by atoms with Gasteiger partial charge in [0.15, 0.2) is 0 Å². The van der Waals surface area contributed by atoms with Gasteiger partial charge in [-0.1, -0.05) is 0 Å². The Labute approximate surface area is 108 Å². The summed E-state index contributed by atoms with van der Waals surface area (Å²) in [7, 11) is 0. The number of halogens is 1. The number of aromatic nitrogens is 1. The summed E-state index contributed by atoms with van der Waals surface area (Å²) in [6, 6.07) is 6.17. The summed E-state index contributed by atoms with van der Waals surface area (Å²) in [5, 5.41) is 11.4. The fourth-order valence-corrected chi connectivity index (χ4v) is 2.42. The van der Waals surface area contributed by atoms with E-state index in [4.69, 9.17) is 5.11 Å². The van der Waals surface area contributed by atoms with E-state index in [2.05, 4.69) is 4.98 Å². The van der Waals surface area contributed by atoms with Crippen LogP contribution in [0.2, 0.25) is 0 Å². The largest absolute Gasteiger partial charge is 0.481 e. The van der Waals surface area contributed by atoms with Crippen molar-refractivity contribution in [2.45, 2.75) is 19.3 Å². The van der Waals surface area contributed by atoms with Crippen molar-refractivity contribution in [3.63, 3.8) is 0 Å². The molecule has 1 aromatic heterocycles. The summed E-state index contributed by atoms with van der Waals surface area (Å²) in [5.74, 6) is -1.05. The molecular formula is C13H12FNO2S. The monoisotopic (exact) mass is 265 g/mol. The highest BCUT2D eigenvalue weighted by molar-refractivity contribution is 7.09. The Kier molecular flexibility index (Phi) is 4.04. The minimum Gasteiger partial charge on any atom is -0.481 e. The van der Waals surface area contributed by atoms with Crippen molar-refractivity contribution >= 4 is 17.3 Å². The van der Waals surface area contributed by atoms with Crippen LogP contribution in [0.4, 0.5) is 4.39 Å². The molecular weight excluding hydrogens is 253 g/mol. The molecule has 1 heterocycles. The molecule has 2 aromatic rings. The first-order valence-corrected chi connectivity index (χ1v) is 6.45. The van der Waals surface area contributed by atoms with Crippen LogP contribution in [0, 0.1) is 5.82 Å². The van der Waals surface area contributed by atoms with E-state index in [9.17, 15) is 9.18 Å². The Morgan fingerprint density at radius 1 is 1.33 bits per heavy atom. The summed E-state index contributed by atoms with van der Waals surface area (Å²) in [5.41, 5.74) is 1.68. The first-order chi connectivity index (χ1) is 8.65. The number of aryl methyl sites for hydroxylation is 1. The van der Waals surface area contributed by atoms with Crippen molar-refractivity contribution in [3.05, 3.63) is 40.5 Å². The van der Waals surface area contributed by atoms with E-state index >= 15 is 0 Å². The first kappa shape index (κ1) is 12.7. The molecule has 5 heteroatoms. The number of benzene rings is 1. The van der Waals surface area contributed by atoms with Crippen molar-refractivity contribution in [1.29, 1.82) is 0 Å². The van der Waals surface area contributed by atoms with E-state index in [0.29, 0.717) is 12.8 Å². The third kappa shape index (κ3) is 3.37. The number of rotatable bonds is 5. The average Bonchev–Trinajstić information content (AvgIpc) is 2.78. The minimum absolute atomic E-state index is 0.158. The van der Waals surface area contributed by atoms with Crippen molar-refractivity contribution in [2.75, 3.05) is 0 Å². The highest BCUT2D eigenvalue weighted by atomic mass is 32.1. The van der Waals surface area contributed by atoms with Gasteiger partial charge in [0.05, 0.1) is 10.7 Å². The molecule has 0 unspecified atom stereocenters. The van der Waals surface area contributed by atoms with Gasteiger partial charge in [0.2, 0.25) is 0 Å². The van der Waals surface area contributed by atoms with Gasteiger partial charge in [-0.3, -0.25) is 4.79 Å². The fraction of sp³-hybridized carbons (Fsp3) is 0.231. The van der Waals surface area contributed by atoms with Crippen LogP contribution in [0.3, 0.4) is 0 Å². The number of hydrogen-bond donors (Lipinski definition) is 1. The van der Waals surface area contributed by atoms with Crippen LogP contribution < -0.4 is 0 Å². The van der Waals surface area contributed by atoms with Crippen LogP contribution in [0.5, 0.6) is 0 Å². The van der Waals surface area contributed by atoms with E-state index in [1.54, 1.807) is 12.1 Å². The number of carboxylic acids is 1. The topological polar surface area (TPSA) is 50.2 Å². The molecule has 0 saturated heterocycles. The van der Waals surface area contributed by atoms with Crippen molar-refractivity contribution in [2.24, 2.45) is 0 Å². The Morgan fingerprint density at radius 2 is 2.06 bits per heavy atom. The molecule has 0 bridgehead atoms. The second kappa shape index (κ2) is 5.73. The van der Waals surface area contributed by atoms with E-state index in [0.717, 1.165) is 16.3 Å². The number of carbonyl (C=O) groups is 1. The molecule has 18 heavy (non-hydrogen) atoms. The van der Waals surface area contributed by atoms with Gasteiger partial charge in [0.1, 0.15) is 5.82 Å². The van der Waals surface area contributed by atoms with Gasteiger partial charge in [-0.15, -0.1) is 11.3 Å². The molecule has 1 N–H and O–H groups in total. The Morgan fingerprint density at radius 3 is 2.72 bits per heavy atom. The predicted octanol–water partition coefficient (Wildman–Crippen LogP) is 3.36. The predicted molar refractivity (Wildman–Crippen MR) is 68.1 cm³/mol. The second-order valence-corrected chi connectivity index (χ2v) is 4.82. The van der Waals surface area contributed by atoms with E-state index in [1.807, 2.05) is 5.38 Å². The Hall–Kier alpha value is -1.75. The molecule has 0 radical (unpaired) electrons. The lowest BCUT2D eigenvalue weighted by molar-refractivity contribution is -0.137. The molecule has 0 aliphatic rings. The van der Waals surface area contributed by atoms with Crippen LogP contribution in [0.1, 0.15) is 17.8 Å². The molecule has 0 fully saturated rings. The third-order valence-corrected chi connectivity index (χ3v) is 3.38. The second-order valence-electron chi connectivity index (χ2n) is 3.88. The van der Waals surface area contributed by atoms with Crippen LogP contribution >= 0.6 is 11.3 Å². The van der Waals surface area contributed by atoms with Gasteiger partial charge in [0, 0.05) is 17.4 Å². The van der Waals surface area contributed by atoms with Crippen molar-refractivity contribution in [1.82, 2.24) is 4.98 Å². The lowest BCUT2D eigenvalue weighted by Gasteiger charge is -1.96. The Bertz CT molecular complexity index is 536. The van der Waals surface area contributed by atoms with Gasteiger partial charge in [-0.2, -0.15) is 0 Å². The molecule has 2 rings (SSSR count). The summed E-state index contributed by atoms with van der Waals surface area (Å²) >= 11 is 1.50. The zero-order valence-corrected chi connectivity index (χ0v) is 10.4. The number of thiazole rings is 1. The smallest absolute Gasteiger partial charge is 0.303 e. The van der Waals surface area contributed by atoms with Gasteiger partial charge >= 0.3 is 5.97 Å². The highest BCUT2D eigenvalue weighted by Crippen LogP contribution is 2.23. The van der Waals surface area contributed by atoms with Crippen LogP contribution in [0.25, 0.3) is 11.3 Å². The maximum atomic E-state index is 12.8. The molecule has 0 aliphatic heterocycles. The standard InChI is InChI=1S/C13H12FNO2S/c14-10-6-4-9(5-7-10)11-8-18-12(15-11)2-1-3-13(16)17/h4-8H,1-3H2,(H,16,17). The quantitative estimate of drug-likeness (QED) is 0.901. The zero-order chi connectivity index (χ0) is 13.0. The maximum absolute atomic E-state index is 12.8. The number of hydrogen-bond acceptors (Lipinski definition) is 3. The van der Waals surface area contributed by atoms with Gasteiger partial charge in [-0.05, 0) is 37.1 Å². The van der Waals surface area contributed by atoms with E-state index in [-0.39, 0.29) is 12.2 Å². The number of carboxylic acid groups (broad SMARTS) is 1. The molecule has 0 aliphatic carbocycles. The van der Waals surface area contributed by atoms with Gasteiger partial charge in [-0.25, -0.2) is 9.37 Å². The molecule has 1 aromatic carbocycles. The zero-order valence-electron chi connectivity index (χ0n) is 9.60. The SMILES string of the molecule is O=C(O)CCCc1nc(-c2ccc(F)cc2)cs1. The van der Waals surface area contributed by atoms with E-state index in [1.165, 1.54) is 23.5 Å². The minimum atomic E-state index is -0.787. The van der Waals surface area contributed by atoms with Crippen LogP contribution in [-0.4, -0.2) is 16.1 Å². The number of nitrogens with zero attached hydrogens (tertiary/aromatic N) is 1. The normalized spacial score (nSPS) is 10.5. The fourth-order valence-electron chi connectivity index (χ4n) is 1.57. The summed E-state index contributed by atoms with van der Waals surface area (Å²) in [6.45, 7) is 0.